The zero-order valence-electron chi connectivity index (χ0n) is 10.1. The molecule has 0 atom stereocenters. The standard InChI is InChI=1S/C14H13FO2S/c1-10-4-3-5-11(8-10)13-7-6-12(9-14(13)15)18(2,16)17/h3-9H,1-2H3. The van der Waals surface area contributed by atoms with Gasteiger partial charge in [0.1, 0.15) is 5.82 Å². The van der Waals surface area contributed by atoms with E-state index in [1.807, 2.05) is 25.1 Å². The summed E-state index contributed by atoms with van der Waals surface area (Å²) in [4.78, 5) is -0.00333. The summed E-state index contributed by atoms with van der Waals surface area (Å²) in [5, 5.41) is 0. The SMILES string of the molecule is Cc1cccc(-c2ccc(S(C)(=O)=O)cc2F)c1. The van der Waals surface area contributed by atoms with E-state index in [0.29, 0.717) is 5.56 Å². The number of hydrogen-bond acceptors (Lipinski definition) is 2. The van der Waals surface area contributed by atoms with E-state index in [2.05, 4.69) is 0 Å². The van der Waals surface area contributed by atoms with Crippen LogP contribution in [0.15, 0.2) is 47.4 Å². The van der Waals surface area contributed by atoms with Gasteiger partial charge in [-0.15, -0.1) is 0 Å². The Bertz CT molecular complexity index is 691. The lowest BCUT2D eigenvalue weighted by atomic mass is 10.0. The molecule has 0 aromatic heterocycles. The van der Waals surface area contributed by atoms with Crippen LogP contribution in [0.4, 0.5) is 4.39 Å². The summed E-state index contributed by atoms with van der Waals surface area (Å²) in [7, 11) is -3.37. The second-order valence-electron chi connectivity index (χ2n) is 4.28. The van der Waals surface area contributed by atoms with E-state index in [1.54, 1.807) is 6.07 Å². The summed E-state index contributed by atoms with van der Waals surface area (Å²) in [6.45, 7) is 1.92. The van der Waals surface area contributed by atoms with E-state index in [-0.39, 0.29) is 4.90 Å². The van der Waals surface area contributed by atoms with Gasteiger partial charge < -0.3 is 0 Å². The molecule has 18 heavy (non-hydrogen) atoms. The Morgan fingerprint density at radius 2 is 1.78 bits per heavy atom. The third-order valence-electron chi connectivity index (χ3n) is 2.70. The third kappa shape index (κ3) is 2.59. The number of rotatable bonds is 2. The molecule has 0 aliphatic heterocycles. The Morgan fingerprint density at radius 1 is 1.06 bits per heavy atom. The Morgan fingerprint density at radius 3 is 2.33 bits per heavy atom. The summed E-state index contributed by atoms with van der Waals surface area (Å²) in [6.07, 6.45) is 1.06. The van der Waals surface area contributed by atoms with Crippen LogP contribution in [-0.4, -0.2) is 14.7 Å². The van der Waals surface area contributed by atoms with Gasteiger partial charge in [0.2, 0.25) is 0 Å². The maximum absolute atomic E-state index is 13.9. The lowest BCUT2D eigenvalue weighted by Crippen LogP contribution is -1.98. The highest BCUT2D eigenvalue weighted by Crippen LogP contribution is 2.25. The zero-order valence-corrected chi connectivity index (χ0v) is 11.0. The highest BCUT2D eigenvalue weighted by molar-refractivity contribution is 7.90. The smallest absolute Gasteiger partial charge is 0.175 e. The van der Waals surface area contributed by atoms with Gasteiger partial charge in [0.05, 0.1) is 4.90 Å². The molecule has 2 rings (SSSR count). The van der Waals surface area contributed by atoms with Gasteiger partial charge >= 0.3 is 0 Å². The fourth-order valence-corrected chi connectivity index (χ4v) is 2.41. The van der Waals surface area contributed by atoms with Crippen molar-refractivity contribution in [2.75, 3.05) is 6.26 Å². The molecule has 0 saturated carbocycles. The van der Waals surface area contributed by atoms with E-state index in [9.17, 15) is 12.8 Å². The fourth-order valence-electron chi connectivity index (χ4n) is 1.77. The van der Waals surface area contributed by atoms with Crippen molar-refractivity contribution in [3.63, 3.8) is 0 Å². The van der Waals surface area contributed by atoms with Crippen molar-refractivity contribution in [2.45, 2.75) is 11.8 Å². The van der Waals surface area contributed by atoms with E-state index in [4.69, 9.17) is 0 Å². The van der Waals surface area contributed by atoms with Crippen molar-refractivity contribution >= 4 is 9.84 Å². The molecule has 2 aromatic carbocycles. The summed E-state index contributed by atoms with van der Waals surface area (Å²) in [6, 6.07) is 11.4. The molecule has 0 aliphatic rings. The summed E-state index contributed by atoms with van der Waals surface area (Å²) >= 11 is 0. The predicted molar refractivity (Wildman–Crippen MR) is 69.7 cm³/mol. The van der Waals surface area contributed by atoms with E-state index in [0.717, 1.165) is 23.4 Å². The first kappa shape index (κ1) is 12.8. The number of hydrogen-bond donors (Lipinski definition) is 0. The Kier molecular flexibility index (Phi) is 3.22. The molecule has 0 bridgehead atoms. The number of sulfone groups is 1. The summed E-state index contributed by atoms with van der Waals surface area (Å²) in [5.41, 5.74) is 2.18. The van der Waals surface area contributed by atoms with Crippen LogP contribution in [0.2, 0.25) is 0 Å². The Balaban J connectivity index is 2.55. The molecule has 0 unspecified atom stereocenters. The molecule has 0 radical (unpaired) electrons. The third-order valence-corrected chi connectivity index (χ3v) is 3.81. The Hall–Kier alpha value is -1.68. The lowest BCUT2D eigenvalue weighted by molar-refractivity contribution is 0.596. The topological polar surface area (TPSA) is 34.1 Å². The molecule has 0 heterocycles. The van der Waals surface area contributed by atoms with Gasteiger partial charge in [0.25, 0.3) is 0 Å². The minimum absolute atomic E-state index is 0.00333. The fraction of sp³-hybridized carbons (Fsp3) is 0.143. The maximum atomic E-state index is 13.9. The predicted octanol–water partition coefficient (Wildman–Crippen LogP) is 3.20. The van der Waals surface area contributed by atoms with Crippen molar-refractivity contribution in [3.8, 4) is 11.1 Å². The molecule has 2 aromatic rings. The van der Waals surface area contributed by atoms with Crippen LogP contribution < -0.4 is 0 Å². The van der Waals surface area contributed by atoms with Crippen LogP contribution in [0.25, 0.3) is 11.1 Å². The van der Waals surface area contributed by atoms with Crippen LogP contribution >= 0.6 is 0 Å². The molecular formula is C14H13FO2S. The van der Waals surface area contributed by atoms with Gasteiger partial charge in [-0.2, -0.15) is 0 Å². The normalized spacial score (nSPS) is 11.5. The highest BCUT2D eigenvalue weighted by Gasteiger charge is 2.12. The minimum Gasteiger partial charge on any atom is -0.224 e. The monoisotopic (exact) mass is 264 g/mol. The van der Waals surface area contributed by atoms with Crippen LogP contribution in [0, 0.1) is 12.7 Å². The first-order valence-electron chi connectivity index (χ1n) is 5.44. The van der Waals surface area contributed by atoms with E-state index in [1.165, 1.54) is 12.1 Å². The van der Waals surface area contributed by atoms with Crippen LogP contribution in [-0.2, 0) is 9.84 Å². The average molecular weight is 264 g/mol. The van der Waals surface area contributed by atoms with Gasteiger partial charge in [0, 0.05) is 11.8 Å². The number of aryl methyl sites for hydroxylation is 1. The van der Waals surface area contributed by atoms with Crippen LogP contribution in [0.3, 0.4) is 0 Å². The minimum atomic E-state index is -3.37. The van der Waals surface area contributed by atoms with Gasteiger partial charge in [-0.05, 0) is 24.6 Å². The molecule has 0 fully saturated rings. The molecule has 2 nitrogen and oxygen atoms in total. The lowest BCUT2D eigenvalue weighted by Gasteiger charge is -2.06. The van der Waals surface area contributed by atoms with Crippen LogP contribution in [0.5, 0.6) is 0 Å². The van der Waals surface area contributed by atoms with Gasteiger partial charge in [-0.3, -0.25) is 0 Å². The molecule has 0 spiro atoms. The first-order chi connectivity index (χ1) is 8.38. The largest absolute Gasteiger partial charge is 0.224 e. The molecule has 4 heteroatoms. The van der Waals surface area contributed by atoms with Crippen molar-refractivity contribution in [1.82, 2.24) is 0 Å². The van der Waals surface area contributed by atoms with E-state index >= 15 is 0 Å². The van der Waals surface area contributed by atoms with Gasteiger partial charge in [-0.1, -0.05) is 35.9 Å². The van der Waals surface area contributed by atoms with Crippen molar-refractivity contribution in [1.29, 1.82) is 0 Å². The number of halogens is 1. The number of benzene rings is 2. The van der Waals surface area contributed by atoms with Crippen molar-refractivity contribution in [3.05, 3.63) is 53.8 Å². The second kappa shape index (κ2) is 4.53. The molecule has 0 amide bonds. The summed E-state index contributed by atoms with van der Waals surface area (Å²) < 4.78 is 36.6. The van der Waals surface area contributed by atoms with Crippen molar-refractivity contribution < 1.29 is 12.8 Å². The summed E-state index contributed by atoms with van der Waals surface area (Å²) in [5.74, 6) is -0.525. The molecule has 0 aliphatic carbocycles. The Labute approximate surface area is 106 Å². The zero-order chi connectivity index (χ0) is 13.3. The molecular weight excluding hydrogens is 251 g/mol. The van der Waals surface area contributed by atoms with Crippen molar-refractivity contribution in [2.24, 2.45) is 0 Å². The van der Waals surface area contributed by atoms with Gasteiger partial charge in [-0.25, -0.2) is 12.8 Å². The van der Waals surface area contributed by atoms with E-state index < -0.39 is 15.7 Å². The maximum Gasteiger partial charge on any atom is 0.175 e. The second-order valence-corrected chi connectivity index (χ2v) is 6.30. The van der Waals surface area contributed by atoms with Crippen LogP contribution in [0.1, 0.15) is 5.56 Å². The average Bonchev–Trinajstić information content (AvgIpc) is 2.27. The quantitative estimate of drug-likeness (QED) is 0.834. The van der Waals surface area contributed by atoms with Gasteiger partial charge in [0.15, 0.2) is 9.84 Å². The molecule has 94 valence electrons. The molecule has 0 saturated heterocycles. The highest BCUT2D eigenvalue weighted by atomic mass is 32.2. The first-order valence-corrected chi connectivity index (χ1v) is 7.34. The molecule has 0 N–H and O–H groups in total.